The number of carbonyl (C=O) groups is 4. The highest BCUT2D eigenvalue weighted by molar-refractivity contribution is 7.91. The Kier molecular flexibility index (Phi) is 11.1. The van der Waals surface area contributed by atoms with E-state index in [0.717, 1.165) is 0 Å². The van der Waals surface area contributed by atoms with Crippen LogP contribution < -0.4 is 0 Å². The third-order valence-corrected chi connectivity index (χ3v) is 9.79. The minimum atomic E-state index is -4.68. The van der Waals surface area contributed by atoms with Gasteiger partial charge >= 0.3 is 23.9 Å². The molecule has 2 heterocycles. The molecule has 12 nitrogen and oxygen atoms in total. The van der Waals surface area contributed by atoms with E-state index < -0.39 is 75.2 Å². The van der Waals surface area contributed by atoms with Gasteiger partial charge in [-0.05, 0) is 60.7 Å². The molecule has 1 saturated heterocycles. The summed E-state index contributed by atoms with van der Waals surface area (Å²) in [6, 6.07) is 35.4. The van der Waals surface area contributed by atoms with E-state index in [4.69, 9.17) is 23.7 Å². The standard InChI is InChI=1S/C39H31NO11S/c41-35(26-15-5-1-6-16-26)47-25-30-32(49-36(42)27-17-7-2-8-18-27)33(50-37(43)28-19-9-3-10-20-28)34(51-38(44)29-21-11-4-12-22-29)39(48-30)52(45,46)31-23-13-14-24-40-31/h1-24,30,32-34,39H,25H2/t30-,32+,33+,34-,39?/m1/s1. The van der Waals surface area contributed by atoms with Crippen molar-refractivity contribution in [3.63, 3.8) is 0 Å². The summed E-state index contributed by atoms with van der Waals surface area (Å²) >= 11 is 0. The van der Waals surface area contributed by atoms with Gasteiger partial charge in [0.25, 0.3) is 0 Å². The van der Waals surface area contributed by atoms with Crippen LogP contribution in [0.5, 0.6) is 0 Å². The number of nitrogens with zero attached hydrogens (tertiary/aromatic N) is 1. The zero-order valence-corrected chi connectivity index (χ0v) is 28.1. The van der Waals surface area contributed by atoms with E-state index in [0.29, 0.717) is 0 Å². The maximum Gasteiger partial charge on any atom is 0.338 e. The van der Waals surface area contributed by atoms with Crippen LogP contribution >= 0.6 is 0 Å². The molecule has 5 aromatic rings. The second kappa shape index (κ2) is 16.2. The average molecular weight is 722 g/mol. The number of rotatable bonds is 11. The molecule has 0 spiro atoms. The van der Waals surface area contributed by atoms with Crippen LogP contribution in [0.1, 0.15) is 41.4 Å². The molecule has 1 aromatic heterocycles. The van der Waals surface area contributed by atoms with Crippen molar-refractivity contribution < 1.29 is 51.3 Å². The SMILES string of the molecule is O=C(OC[C@H]1OC(S(=O)(=O)c2ccccn2)[C@H](OC(=O)c2ccccc2)[C@@H](OC(=O)c2ccccc2)[C@H]1OC(=O)c1ccccc1)c1ccccc1. The van der Waals surface area contributed by atoms with Crippen LogP contribution in [0.4, 0.5) is 0 Å². The minimum absolute atomic E-state index is 0.0429. The molecule has 264 valence electrons. The molecule has 13 heteroatoms. The van der Waals surface area contributed by atoms with Crippen molar-refractivity contribution in [1.29, 1.82) is 0 Å². The lowest BCUT2D eigenvalue weighted by atomic mass is 9.98. The molecular weight excluding hydrogens is 690 g/mol. The van der Waals surface area contributed by atoms with Crippen molar-refractivity contribution in [3.05, 3.63) is 168 Å². The van der Waals surface area contributed by atoms with Crippen LogP contribution in [0.3, 0.4) is 0 Å². The number of aromatic nitrogens is 1. The summed E-state index contributed by atoms with van der Waals surface area (Å²) in [6.45, 7) is -0.673. The van der Waals surface area contributed by atoms with Gasteiger partial charge in [0.1, 0.15) is 12.7 Å². The van der Waals surface area contributed by atoms with Gasteiger partial charge in [-0.1, -0.05) is 78.9 Å². The third kappa shape index (κ3) is 8.23. The lowest BCUT2D eigenvalue weighted by molar-refractivity contribution is -0.209. The van der Waals surface area contributed by atoms with Crippen LogP contribution in [0.15, 0.2) is 151 Å². The van der Waals surface area contributed by atoms with Crippen molar-refractivity contribution >= 4 is 33.7 Å². The number of ether oxygens (including phenoxy) is 5. The Bertz CT molecular complexity index is 2100. The summed E-state index contributed by atoms with van der Waals surface area (Å²) in [7, 11) is -4.68. The van der Waals surface area contributed by atoms with Gasteiger partial charge in [-0.15, -0.1) is 0 Å². The topological polar surface area (TPSA) is 161 Å². The van der Waals surface area contributed by atoms with Crippen LogP contribution in [0.25, 0.3) is 0 Å². The Balaban J connectivity index is 1.47. The van der Waals surface area contributed by atoms with Crippen molar-refractivity contribution in [2.75, 3.05) is 6.61 Å². The second-order valence-electron chi connectivity index (χ2n) is 11.4. The van der Waals surface area contributed by atoms with E-state index in [9.17, 15) is 27.6 Å². The quantitative estimate of drug-likeness (QED) is 0.131. The monoisotopic (exact) mass is 721 g/mol. The van der Waals surface area contributed by atoms with Crippen molar-refractivity contribution in [2.45, 2.75) is 34.9 Å². The first-order valence-electron chi connectivity index (χ1n) is 16.0. The summed E-state index contributed by atoms with van der Waals surface area (Å²) < 4.78 is 58.1. The maximum absolute atomic E-state index is 14.3. The van der Waals surface area contributed by atoms with E-state index in [1.807, 2.05) is 0 Å². The molecule has 52 heavy (non-hydrogen) atoms. The van der Waals surface area contributed by atoms with Gasteiger partial charge in [0, 0.05) is 6.20 Å². The molecule has 1 unspecified atom stereocenters. The number of hydrogen-bond acceptors (Lipinski definition) is 12. The number of benzene rings is 4. The van der Waals surface area contributed by atoms with Gasteiger partial charge in [0.2, 0.25) is 15.3 Å². The number of sulfone groups is 1. The number of pyridine rings is 1. The zero-order valence-electron chi connectivity index (χ0n) is 27.3. The molecule has 6 rings (SSSR count). The normalized spacial score (nSPS) is 19.8. The highest BCUT2D eigenvalue weighted by Gasteiger charge is 2.57. The smallest absolute Gasteiger partial charge is 0.338 e. The van der Waals surface area contributed by atoms with E-state index in [1.165, 1.54) is 72.9 Å². The molecule has 1 aliphatic rings. The second-order valence-corrected chi connectivity index (χ2v) is 13.4. The van der Waals surface area contributed by atoms with Gasteiger partial charge in [-0.2, -0.15) is 0 Å². The zero-order chi connectivity index (χ0) is 36.5. The van der Waals surface area contributed by atoms with E-state index in [-0.39, 0.29) is 22.3 Å². The first kappa shape index (κ1) is 35.6. The Hall–Kier alpha value is -6.18. The van der Waals surface area contributed by atoms with E-state index in [1.54, 1.807) is 72.8 Å². The Morgan fingerprint density at radius 1 is 0.519 bits per heavy atom. The summed E-state index contributed by atoms with van der Waals surface area (Å²) in [4.78, 5) is 58.0. The minimum Gasteiger partial charge on any atom is -0.459 e. The van der Waals surface area contributed by atoms with Crippen molar-refractivity contribution in [1.82, 2.24) is 4.98 Å². The molecule has 1 aliphatic heterocycles. The van der Waals surface area contributed by atoms with Crippen molar-refractivity contribution in [3.8, 4) is 0 Å². The molecule has 1 fully saturated rings. The highest BCUT2D eigenvalue weighted by Crippen LogP contribution is 2.35. The van der Waals surface area contributed by atoms with Crippen molar-refractivity contribution in [2.24, 2.45) is 0 Å². The average Bonchev–Trinajstić information content (AvgIpc) is 3.19. The number of hydrogen-bond donors (Lipinski definition) is 0. The summed E-state index contributed by atoms with van der Waals surface area (Å²) in [5, 5.41) is -0.450. The molecule has 4 aromatic carbocycles. The predicted octanol–water partition coefficient (Wildman–Crippen LogP) is 5.11. The Labute approximate surface area is 298 Å². The molecule has 0 N–H and O–H groups in total. The van der Waals surface area contributed by atoms with Gasteiger partial charge in [0.05, 0.1) is 22.3 Å². The first-order valence-corrected chi connectivity index (χ1v) is 17.6. The third-order valence-electron chi connectivity index (χ3n) is 7.97. The lowest BCUT2D eigenvalue weighted by Crippen LogP contribution is -2.64. The number of carbonyl (C=O) groups excluding carboxylic acids is 4. The molecule has 0 saturated carbocycles. The summed E-state index contributed by atoms with van der Waals surface area (Å²) in [5.74, 6) is -3.65. The van der Waals surface area contributed by atoms with Crippen LogP contribution in [-0.2, 0) is 33.5 Å². The fraction of sp³-hybridized carbons (Fsp3) is 0.154. The lowest BCUT2D eigenvalue weighted by Gasteiger charge is -2.44. The highest BCUT2D eigenvalue weighted by atomic mass is 32.2. The molecular formula is C39H31NO11S. The fourth-order valence-electron chi connectivity index (χ4n) is 5.41. The van der Waals surface area contributed by atoms with Gasteiger partial charge in [0.15, 0.2) is 23.3 Å². The summed E-state index contributed by atoms with van der Waals surface area (Å²) in [5.41, 5.74) is -1.73. The predicted molar refractivity (Wildman–Crippen MR) is 184 cm³/mol. The van der Waals surface area contributed by atoms with Crippen LogP contribution in [0.2, 0.25) is 0 Å². The van der Waals surface area contributed by atoms with Crippen LogP contribution in [-0.4, -0.2) is 73.7 Å². The number of esters is 4. The van der Waals surface area contributed by atoms with Gasteiger partial charge in [-0.25, -0.2) is 32.6 Å². The van der Waals surface area contributed by atoms with E-state index in [2.05, 4.69) is 4.98 Å². The summed E-state index contributed by atoms with van der Waals surface area (Å²) in [6.07, 6.45) is -5.79. The maximum atomic E-state index is 14.3. The molecule has 0 amide bonds. The fourth-order valence-corrected chi connectivity index (χ4v) is 6.98. The Morgan fingerprint density at radius 3 is 1.37 bits per heavy atom. The van der Waals surface area contributed by atoms with Crippen LogP contribution in [0, 0.1) is 0 Å². The first-order chi connectivity index (χ1) is 25.2. The molecule has 0 aliphatic carbocycles. The molecule has 0 bridgehead atoms. The Morgan fingerprint density at radius 2 is 0.923 bits per heavy atom. The van der Waals surface area contributed by atoms with E-state index >= 15 is 0 Å². The molecule has 5 atom stereocenters. The van der Waals surface area contributed by atoms with Gasteiger partial charge in [-0.3, -0.25) is 0 Å². The van der Waals surface area contributed by atoms with Gasteiger partial charge < -0.3 is 23.7 Å². The molecule has 0 radical (unpaired) electrons. The largest absolute Gasteiger partial charge is 0.459 e.